The van der Waals surface area contributed by atoms with Crippen molar-refractivity contribution in [2.75, 3.05) is 4.90 Å². The number of thioether (sulfide) groups is 1. The van der Waals surface area contributed by atoms with Crippen LogP contribution >= 0.6 is 35.0 Å². The van der Waals surface area contributed by atoms with Gasteiger partial charge < -0.3 is 5.73 Å². The number of nitro benzene ring substituents is 1. The largest absolute Gasteiger partial charge is 0.384 e. The number of carbonyl (C=O) groups is 1. The van der Waals surface area contributed by atoms with Gasteiger partial charge in [0.1, 0.15) is 17.3 Å². The van der Waals surface area contributed by atoms with E-state index in [-0.39, 0.29) is 29.3 Å². The van der Waals surface area contributed by atoms with E-state index in [2.05, 4.69) is 12.1 Å². The average molecular weight is 652 g/mol. The lowest BCUT2D eigenvalue weighted by atomic mass is 9.68. The fourth-order valence-corrected chi connectivity index (χ4v) is 7.63. The zero-order chi connectivity index (χ0) is 32.1. The standard InChI is InChI=1S/C33H29Cl2FN4O3S/c1-17-9-19(16-44-29-11-20(34)5-7-24(29)35)18(2)22(10-17)30-23(15-37)32(38)39(25-8-6-21(36)12-26(25)40(42)43)27-13-33(3,4)14-28(41)31(27)30/h5-12,30H,13-14,16,38H2,1-4H3. The highest BCUT2D eigenvalue weighted by Crippen LogP contribution is 2.52. The molecule has 0 saturated heterocycles. The summed E-state index contributed by atoms with van der Waals surface area (Å²) < 4.78 is 14.1. The summed E-state index contributed by atoms with van der Waals surface area (Å²) in [6, 6.07) is 14.7. The highest BCUT2D eigenvalue weighted by atomic mass is 35.5. The minimum Gasteiger partial charge on any atom is -0.384 e. The first kappa shape index (κ1) is 31.6. The lowest BCUT2D eigenvalue weighted by molar-refractivity contribution is -0.384. The van der Waals surface area contributed by atoms with Crippen LogP contribution in [0, 0.1) is 46.5 Å². The van der Waals surface area contributed by atoms with E-state index < -0.39 is 27.8 Å². The van der Waals surface area contributed by atoms with Crippen molar-refractivity contribution in [1.82, 2.24) is 0 Å². The molecule has 226 valence electrons. The van der Waals surface area contributed by atoms with E-state index in [1.54, 1.807) is 12.1 Å². The maximum Gasteiger partial charge on any atom is 0.296 e. The Kier molecular flexibility index (Phi) is 8.56. The van der Waals surface area contributed by atoms with Gasteiger partial charge in [-0.05, 0) is 72.7 Å². The molecule has 44 heavy (non-hydrogen) atoms. The molecule has 2 N–H and O–H groups in total. The van der Waals surface area contributed by atoms with Crippen LogP contribution in [0.3, 0.4) is 0 Å². The molecule has 11 heteroatoms. The van der Waals surface area contributed by atoms with E-state index >= 15 is 0 Å². The number of rotatable bonds is 6. The summed E-state index contributed by atoms with van der Waals surface area (Å²) in [4.78, 5) is 27.6. The van der Waals surface area contributed by atoms with Crippen LogP contribution in [-0.2, 0) is 10.5 Å². The molecule has 1 aliphatic heterocycles. The number of halogens is 3. The minimum atomic E-state index is -0.785. The molecule has 1 aliphatic carbocycles. The van der Waals surface area contributed by atoms with Crippen LogP contribution in [0.25, 0.3) is 0 Å². The summed E-state index contributed by atoms with van der Waals surface area (Å²) in [5.74, 6) is -1.21. The molecule has 0 bridgehead atoms. The topological polar surface area (TPSA) is 113 Å². The van der Waals surface area contributed by atoms with Crippen LogP contribution in [0.1, 0.15) is 54.9 Å². The van der Waals surface area contributed by atoms with Gasteiger partial charge in [-0.3, -0.25) is 19.8 Å². The molecule has 0 amide bonds. The van der Waals surface area contributed by atoms with Gasteiger partial charge in [-0.25, -0.2) is 4.39 Å². The Morgan fingerprint density at radius 1 is 1.16 bits per heavy atom. The Morgan fingerprint density at radius 2 is 1.89 bits per heavy atom. The molecule has 5 rings (SSSR count). The molecule has 0 saturated carbocycles. The number of ketones is 1. The van der Waals surface area contributed by atoms with Crippen LogP contribution in [0.4, 0.5) is 15.8 Å². The number of Topliss-reactive ketones (excluding diaryl/α,β-unsaturated/α-hetero) is 1. The Balaban J connectivity index is 1.71. The quantitative estimate of drug-likeness (QED) is 0.161. The first-order valence-electron chi connectivity index (χ1n) is 13.8. The number of nitrogens with two attached hydrogens (primary N) is 1. The molecule has 3 aromatic rings. The molecular weight excluding hydrogens is 622 g/mol. The van der Waals surface area contributed by atoms with Crippen LogP contribution < -0.4 is 10.6 Å². The third-order valence-corrected chi connectivity index (χ3v) is 9.82. The zero-order valence-corrected chi connectivity index (χ0v) is 26.8. The fourth-order valence-electron chi connectivity index (χ4n) is 6.08. The zero-order valence-electron chi connectivity index (χ0n) is 24.5. The van der Waals surface area contributed by atoms with Gasteiger partial charge in [-0.1, -0.05) is 54.7 Å². The first-order valence-corrected chi connectivity index (χ1v) is 15.5. The average Bonchev–Trinajstić information content (AvgIpc) is 2.94. The SMILES string of the molecule is Cc1cc(CSc2cc(Cl)ccc2Cl)c(C)c(C2C(C#N)=C(N)N(c3ccc(F)cc3[N+](=O)[O-])C3=C2C(=O)CC(C)(C)C3)c1. The number of nitriles is 1. The van der Waals surface area contributed by atoms with Crippen LogP contribution in [-0.4, -0.2) is 10.7 Å². The van der Waals surface area contributed by atoms with Crippen molar-refractivity contribution in [3.8, 4) is 6.07 Å². The van der Waals surface area contributed by atoms with E-state index in [9.17, 15) is 24.6 Å². The summed E-state index contributed by atoms with van der Waals surface area (Å²) >= 11 is 14.1. The molecular formula is C33H29Cl2FN4O3S. The van der Waals surface area contributed by atoms with Gasteiger partial charge in [0.05, 0.1) is 33.6 Å². The number of aryl methyl sites for hydroxylation is 1. The third-order valence-electron chi connectivity index (χ3n) is 8.04. The number of nitro groups is 1. The fraction of sp³-hybridized carbons (Fsp3) is 0.273. The maximum absolute atomic E-state index is 14.1. The second-order valence-electron chi connectivity index (χ2n) is 11.9. The molecule has 0 radical (unpaired) electrons. The monoisotopic (exact) mass is 650 g/mol. The van der Waals surface area contributed by atoms with E-state index in [0.717, 1.165) is 39.3 Å². The number of hydrogen-bond donors (Lipinski definition) is 1. The summed E-state index contributed by atoms with van der Waals surface area (Å²) in [5.41, 5.74) is 10.2. The Labute approximate surface area is 269 Å². The van der Waals surface area contributed by atoms with Crippen molar-refractivity contribution in [3.05, 3.63) is 119 Å². The first-order chi connectivity index (χ1) is 20.7. The van der Waals surface area contributed by atoms with Crippen molar-refractivity contribution in [2.45, 2.75) is 57.1 Å². The minimum absolute atomic E-state index is 0.00504. The number of allylic oxidation sites excluding steroid dienone is 3. The van der Waals surface area contributed by atoms with E-state index in [1.165, 1.54) is 22.7 Å². The van der Waals surface area contributed by atoms with Gasteiger partial charge >= 0.3 is 0 Å². The van der Waals surface area contributed by atoms with Gasteiger partial charge in [0, 0.05) is 33.4 Å². The van der Waals surface area contributed by atoms with Crippen molar-refractivity contribution < 1.29 is 14.1 Å². The van der Waals surface area contributed by atoms with Crippen LogP contribution in [0.15, 0.2) is 76.1 Å². The second-order valence-corrected chi connectivity index (χ2v) is 13.7. The number of benzene rings is 3. The highest BCUT2D eigenvalue weighted by molar-refractivity contribution is 7.98. The molecule has 0 spiro atoms. The number of hydrogen-bond acceptors (Lipinski definition) is 7. The lowest BCUT2D eigenvalue weighted by Gasteiger charge is -2.43. The molecule has 0 fully saturated rings. The van der Waals surface area contributed by atoms with Crippen molar-refractivity contribution >= 4 is 52.1 Å². The molecule has 1 atom stereocenters. The predicted octanol–water partition coefficient (Wildman–Crippen LogP) is 8.89. The van der Waals surface area contributed by atoms with Gasteiger partial charge in [-0.15, -0.1) is 11.8 Å². The number of nitrogens with zero attached hydrogens (tertiary/aromatic N) is 3. The van der Waals surface area contributed by atoms with Crippen molar-refractivity contribution in [1.29, 1.82) is 5.26 Å². The summed E-state index contributed by atoms with van der Waals surface area (Å²) in [6.07, 6.45) is 0.584. The number of carbonyl (C=O) groups excluding carboxylic acids is 1. The summed E-state index contributed by atoms with van der Waals surface area (Å²) in [7, 11) is 0. The Morgan fingerprint density at radius 3 is 2.57 bits per heavy atom. The maximum atomic E-state index is 14.1. The molecule has 3 aromatic carbocycles. The van der Waals surface area contributed by atoms with Crippen molar-refractivity contribution in [2.24, 2.45) is 11.1 Å². The molecule has 1 heterocycles. The number of anilines is 1. The smallest absolute Gasteiger partial charge is 0.296 e. The molecule has 2 aliphatic rings. The van der Waals surface area contributed by atoms with Gasteiger partial charge in [0.25, 0.3) is 5.69 Å². The van der Waals surface area contributed by atoms with E-state index in [4.69, 9.17) is 28.9 Å². The molecule has 1 unspecified atom stereocenters. The molecule has 7 nitrogen and oxygen atoms in total. The van der Waals surface area contributed by atoms with Crippen LogP contribution in [0.5, 0.6) is 0 Å². The lowest BCUT2D eigenvalue weighted by Crippen LogP contribution is -2.42. The van der Waals surface area contributed by atoms with E-state index in [0.29, 0.717) is 33.5 Å². The van der Waals surface area contributed by atoms with Gasteiger partial charge in [0.15, 0.2) is 5.78 Å². The Bertz CT molecular complexity index is 1850. The second kappa shape index (κ2) is 11.9. The predicted molar refractivity (Wildman–Crippen MR) is 172 cm³/mol. The Hall–Kier alpha value is -3.84. The third kappa shape index (κ3) is 5.82. The summed E-state index contributed by atoms with van der Waals surface area (Å²) in [6.45, 7) is 7.77. The van der Waals surface area contributed by atoms with Crippen molar-refractivity contribution in [3.63, 3.8) is 0 Å². The van der Waals surface area contributed by atoms with Crippen LogP contribution in [0.2, 0.25) is 10.0 Å². The van der Waals surface area contributed by atoms with Gasteiger partial charge in [0.2, 0.25) is 0 Å². The normalized spacial score (nSPS) is 17.9. The van der Waals surface area contributed by atoms with Gasteiger partial charge in [-0.2, -0.15) is 5.26 Å². The molecule has 0 aromatic heterocycles. The summed E-state index contributed by atoms with van der Waals surface area (Å²) in [5, 5.41) is 23.7. The van der Waals surface area contributed by atoms with E-state index in [1.807, 2.05) is 39.8 Å². The highest BCUT2D eigenvalue weighted by Gasteiger charge is 2.46.